The number of hydrogen-bond donors (Lipinski definition) is 0. The summed E-state index contributed by atoms with van der Waals surface area (Å²) in [5.74, 6) is 0.173. The summed E-state index contributed by atoms with van der Waals surface area (Å²) in [6.45, 7) is 4.74. The molecule has 0 spiro atoms. The predicted octanol–water partition coefficient (Wildman–Crippen LogP) is 8.46. The Bertz CT molecular complexity index is 924. The molecule has 2 aliphatic carbocycles. The van der Waals surface area contributed by atoms with Crippen molar-refractivity contribution in [1.29, 1.82) is 0 Å². The second-order valence-electron chi connectivity index (χ2n) is 10.1. The van der Waals surface area contributed by atoms with Gasteiger partial charge in [0.2, 0.25) is 5.82 Å². The highest BCUT2D eigenvalue weighted by atomic mass is 19.2. The van der Waals surface area contributed by atoms with E-state index in [-0.39, 0.29) is 11.3 Å². The number of rotatable bonds is 9. The van der Waals surface area contributed by atoms with Gasteiger partial charge >= 0.3 is 0 Å². The number of ether oxygens (including phenoxy) is 2. The third-order valence-electron chi connectivity index (χ3n) is 7.95. The van der Waals surface area contributed by atoms with Crippen LogP contribution in [0.2, 0.25) is 0 Å². The van der Waals surface area contributed by atoms with E-state index in [1.807, 2.05) is 18.2 Å². The maximum absolute atomic E-state index is 14.4. The predicted molar refractivity (Wildman–Crippen MR) is 134 cm³/mol. The number of halogens is 2. The van der Waals surface area contributed by atoms with Gasteiger partial charge in [0.05, 0.1) is 13.2 Å². The molecular formula is C30H38F2O2. The van der Waals surface area contributed by atoms with Crippen molar-refractivity contribution in [1.82, 2.24) is 0 Å². The molecule has 0 aromatic heterocycles. The maximum Gasteiger partial charge on any atom is 0.201 e. The molecule has 4 rings (SSSR count). The summed E-state index contributed by atoms with van der Waals surface area (Å²) in [4.78, 5) is 0. The largest absolute Gasteiger partial charge is 0.494 e. The number of methoxy groups -OCH3 is 1. The van der Waals surface area contributed by atoms with Crippen LogP contribution in [-0.2, 0) is 4.74 Å². The summed E-state index contributed by atoms with van der Waals surface area (Å²) in [6, 6.07) is 11.0. The number of allylic oxidation sites excluding steroid dienone is 1. The summed E-state index contributed by atoms with van der Waals surface area (Å²) >= 11 is 0. The third kappa shape index (κ3) is 6.07. The minimum absolute atomic E-state index is 0.0743. The standard InChI is InChI=1S/C30H38F2O2/c1-3-4-5-21-8-16-26(17-9-21)34-20-22-6-10-23(11-7-22)24-12-14-25(15-13-24)27-18-19-28(33-2)30(32)29(27)31/h3,12-15,18-19,21-23,26H,1,4-11,16-17,20H2,2H3. The first-order chi connectivity index (χ1) is 16.6. The molecule has 2 aliphatic rings. The van der Waals surface area contributed by atoms with Crippen LogP contribution in [0.3, 0.4) is 0 Å². The monoisotopic (exact) mass is 468 g/mol. The summed E-state index contributed by atoms with van der Waals surface area (Å²) < 4.78 is 39.7. The van der Waals surface area contributed by atoms with Crippen molar-refractivity contribution in [3.05, 3.63) is 66.3 Å². The molecule has 0 aliphatic heterocycles. The molecule has 0 heterocycles. The van der Waals surface area contributed by atoms with Crippen LogP contribution in [0.5, 0.6) is 5.75 Å². The van der Waals surface area contributed by atoms with Gasteiger partial charge in [0.25, 0.3) is 0 Å². The molecule has 2 fully saturated rings. The molecule has 2 aromatic rings. The normalized spacial score (nSPS) is 25.1. The van der Waals surface area contributed by atoms with Crippen molar-refractivity contribution in [2.45, 2.75) is 76.2 Å². The molecule has 0 N–H and O–H groups in total. The van der Waals surface area contributed by atoms with E-state index >= 15 is 0 Å². The third-order valence-corrected chi connectivity index (χ3v) is 7.95. The van der Waals surface area contributed by atoms with Gasteiger partial charge in [0, 0.05) is 12.2 Å². The highest BCUT2D eigenvalue weighted by Gasteiger charge is 2.26. The fourth-order valence-electron chi connectivity index (χ4n) is 5.72. The van der Waals surface area contributed by atoms with Crippen LogP contribution in [0.25, 0.3) is 11.1 Å². The van der Waals surface area contributed by atoms with Crippen molar-refractivity contribution in [3.8, 4) is 16.9 Å². The summed E-state index contributed by atoms with van der Waals surface area (Å²) in [5.41, 5.74) is 2.24. The highest BCUT2D eigenvalue weighted by molar-refractivity contribution is 5.65. The topological polar surface area (TPSA) is 18.5 Å². The first kappa shape index (κ1) is 24.9. The van der Waals surface area contributed by atoms with Crippen molar-refractivity contribution in [2.75, 3.05) is 13.7 Å². The molecule has 0 saturated heterocycles. The zero-order valence-electron chi connectivity index (χ0n) is 20.4. The Morgan fingerprint density at radius 1 is 0.853 bits per heavy atom. The van der Waals surface area contributed by atoms with Crippen molar-refractivity contribution in [2.24, 2.45) is 11.8 Å². The van der Waals surface area contributed by atoms with E-state index in [0.717, 1.165) is 31.8 Å². The van der Waals surface area contributed by atoms with E-state index in [1.165, 1.54) is 63.7 Å². The highest BCUT2D eigenvalue weighted by Crippen LogP contribution is 2.38. The molecule has 2 nitrogen and oxygen atoms in total. The summed E-state index contributed by atoms with van der Waals surface area (Å²) in [7, 11) is 1.34. The quantitative estimate of drug-likeness (QED) is 0.344. The van der Waals surface area contributed by atoms with Gasteiger partial charge < -0.3 is 9.47 Å². The lowest BCUT2D eigenvalue weighted by atomic mass is 9.78. The van der Waals surface area contributed by atoms with Gasteiger partial charge in [-0.2, -0.15) is 4.39 Å². The Kier molecular flexibility index (Phi) is 8.77. The Morgan fingerprint density at radius 2 is 1.53 bits per heavy atom. The van der Waals surface area contributed by atoms with E-state index in [1.54, 1.807) is 6.07 Å². The van der Waals surface area contributed by atoms with E-state index < -0.39 is 11.6 Å². The molecule has 0 unspecified atom stereocenters. The fraction of sp³-hybridized carbons (Fsp3) is 0.533. The number of hydrogen-bond acceptors (Lipinski definition) is 2. The Balaban J connectivity index is 1.23. The summed E-state index contributed by atoms with van der Waals surface area (Å²) in [5, 5.41) is 0. The van der Waals surface area contributed by atoms with Gasteiger partial charge in [-0.25, -0.2) is 4.39 Å². The van der Waals surface area contributed by atoms with Crippen LogP contribution in [0.15, 0.2) is 49.1 Å². The lowest BCUT2D eigenvalue weighted by Gasteiger charge is -2.32. The lowest BCUT2D eigenvalue weighted by molar-refractivity contribution is -0.00823. The number of benzene rings is 2. The molecule has 2 saturated carbocycles. The van der Waals surface area contributed by atoms with Gasteiger partial charge in [0.1, 0.15) is 0 Å². The van der Waals surface area contributed by atoms with Crippen LogP contribution in [-0.4, -0.2) is 19.8 Å². The van der Waals surface area contributed by atoms with Crippen LogP contribution < -0.4 is 4.74 Å². The van der Waals surface area contributed by atoms with E-state index in [4.69, 9.17) is 9.47 Å². The van der Waals surface area contributed by atoms with E-state index in [2.05, 4.69) is 18.7 Å². The molecule has 184 valence electrons. The van der Waals surface area contributed by atoms with Crippen LogP contribution in [0.4, 0.5) is 8.78 Å². The Morgan fingerprint density at radius 3 is 2.18 bits per heavy atom. The summed E-state index contributed by atoms with van der Waals surface area (Å²) in [6.07, 6.45) is 14.6. The molecule has 0 bridgehead atoms. The second kappa shape index (κ2) is 12.0. The van der Waals surface area contributed by atoms with Gasteiger partial charge in [-0.1, -0.05) is 30.3 Å². The fourth-order valence-corrected chi connectivity index (χ4v) is 5.72. The average molecular weight is 469 g/mol. The smallest absolute Gasteiger partial charge is 0.201 e. The lowest BCUT2D eigenvalue weighted by Crippen LogP contribution is -2.25. The molecule has 4 heteroatoms. The first-order valence-corrected chi connectivity index (χ1v) is 12.9. The molecule has 0 amide bonds. The van der Waals surface area contributed by atoms with Gasteiger partial charge in [-0.05, 0) is 105 Å². The SMILES string of the molecule is C=CCCC1CCC(OCC2CCC(c3ccc(-c4ccc(OC)c(F)c4F)cc3)CC2)CC1. The molecule has 2 aromatic carbocycles. The minimum atomic E-state index is -0.939. The average Bonchev–Trinajstić information content (AvgIpc) is 2.89. The second-order valence-corrected chi connectivity index (χ2v) is 10.1. The van der Waals surface area contributed by atoms with Crippen LogP contribution in [0, 0.1) is 23.5 Å². The molecule has 0 atom stereocenters. The zero-order chi connectivity index (χ0) is 23.9. The molecule has 34 heavy (non-hydrogen) atoms. The van der Waals surface area contributed by atoms with Crippen molar-refractivity contribution < 1.29 is 18.3 Å². The van der Waals surface area contributed by atoms with Crippen LogP contribution >= 0.6 is 0 Å². The molecule has 0 radical (unpaired) electrons. The van der Waals surface area contributed by atoms with E-state index in [0.29, 0.717) is 23.5 Å². The Hall–Kier alpha value is -2.20. The van der Waals surface area contributed by atoms with Crippen molar-refractivity contribution >= 4 is 0 Å². The maximum atomic E-state index is 14.4. The van der Waals surface area contributed by atoms with Crippen molar-refractivity contribution in [3.63, 3.8) is 0 Å². The Labute approximate surface area is 203 Å². The van der Waals surface area contributed by atoms with Gasteiger partial charge in [0.15, 0.2) is 11.6 Å². The van der Waals surface area contributed by atoms with Gasteiger partial charge in [-0.15, -0.1) is 6.58 Å². The minimum Gasteiger partial charge on any atom is -0.494 e. The van der Waals surface area contributed by atoms with Gasteiger partial charge in [-0.3, -0.25) is 0 Å². The van der Waals surface area contributed by atoms with E-state index in [9.17, 15) is 8.78 Å². The first-order valence-electron chi connectivity index (χ1n) is 12.9. The molecular weight excluding hydrogens is 430 g/mol. The zero-order valence-corrected chi connectivity index (χ0v) is 20.4. The van der Waals surface area contributed by atoms with Crippen LogP contribution in [0.1, 0.15) is 75.7 Å².